The molecule has 2 aromatic rings. The number of aromatic nitrogens is 3. The maximum absolute atomic E-state index is 10.8. The number of aliphatic carboxylic acids is 1. The maximum Gasteiger partial charge on any atom is 0.313 e. The molecule has 0 aliphatic rings. The van der Waals surface area contributed by atoms with E-state index in [0.29, 0.717) is 11.1 Å². The van der Waals surface area contributed by atoms with Gasteiger partial charge in [0.05, 0.1) is 10.6 Å². The highest BCUT2D eigenvalue weighted by molar-refractivity contribution is 7.99. The first-order valence-electron chi connectivity index (χ1n) is 6.42. The molecule has 1 unspecified atom stereocenters. The van der Waals surface area contributed by atoms with Crippen molar-refractivity contribution in [2.75, 3.05) is 17.8 Å². The zero-order valence-electron chi connectivity index (χ0n) is 11.9. The fourth-order valence-corrected chi connectivity index (χ4v) is 3.98. The number of hydrogen-bond acceptors (Lipinski definition) is 6. The second-order valence-electron chi connectivity index (χ2n) is 4.64. The van der Waals surface area contributed by atoms with Gasteiger partial charge in [-0.15, -0.1) is 21.5 Å². The Kier molecular flexibility index (Phi) is 6.13. The van der Waals surface area contributed by atoms with Crippen LogP contribution >= 0.6 is 34.9 Å². The van der Waals surface area contributed by atoms with E-state index < -0.39 is 5.97 Å². The minimum Gasteiger partial charge on any atom is -0.481 e. The number of nitrogens with zero attached hydrogens (tertiary/aromatic N) is 3. The zero-order valence-corrected chi connectivity index (χ0v) is 14.3. The van der Waals surface area contributed by atoms with Crippen LogP contribution in [0.3, 0.4) is 0 Å². The van der Waals surface area contributed by atoms with Crippen molar-refractivity contribution in [3.05, 3.63) is 17.5 Å². The minimum absolute atomic E-state index is 0.000513. The van der Waals surface area contributed by atoms with E-state index in [1.807, 2.05) is 22.1 Å². The van der Waals surface area contributed by atoms with Crippen LogP contribution in [0.15, 0.2) is 22.7 Å². The highest BCUT2D eigenvalue weighted by Crippen LogP contribution is 2.28. The normalized spacial score (nSPS) is 12.5. The molecule has 0 amide bonds. The number of carboxylic acid groups (broad SMARTS) is 1. The predicted octanol–water partition coefficient (Wildman–Crippen LogP) is 3.18. The molecule has 0 aliphatic carbocycles. The summed E-state index contributed by atoms with van der Waals surface area (Å²) < 4.78 is 2.04. The molecule has 0 fully saturated rings. The van der Waals surface area contributed by atoms with E-state index in [4.69, 9.17) is 5.11 Å². The van der Waals surface area contributed by atoms with Crippen LogP contribution < -0.4 is 0 Å². The first kappa shape index (κ1) is 16.4. The van der Waals surface area contributed by atoms with Crippen LogP contribution in [0.25, 0.3) is 10.7 Å². The Labute approximate surface area is 136 Å². The van der Waals surface area contributed by atoms with Gasteiger partial charge in [0.25, 0.3) is 0 Å². The number of thiophene rings is 1. The topological polar surface area (TPSA) is 68.0 Å². The van der Waals surface area contributed by atoms with Crippen molar-refractivity contribution in [3.8, 4) is 10.7 Å². The number of hydrogen-bond donors (Lipinski definition) is 1. The Morgan fingerprint density at radius 1 is 1.52 bits per heavy atom. The van der Waals surface area contributed by atoms with Crippen LogP contribution in [-0.2, 0) is 11.3 Å². The Morgan fingerprint density at radius 2 is 2.33 bits per heavy atom. The van der Waals surface area contributed by atoms with Gasteiger partial charge in [-0.05, 0) is 29.4 Å². The van der Waals surface area contributed by atoms with Crippen LogP contribution in [0.5, 0.6) is 0 Å². The summed E-state index contributed by atoms with van der Waals surface area (Å²) in [7, 11) is 0. The van der Waals surface area contributed by atoms with Gasteiger partial charge >= 0.3 is 5.97 Å². The molecule has 5 nitrogen and oxygen atoms in total. The Balaban J connectivity index is 2.26. The number of carboxylic acids is 1. The summed E-state index contributed by atoms with van der Waals surface area (Å²) in [5.74, 6) is 1.50. The third kappa shape index (κ3) is 4.49. The standard InChI is InChI=1S/C13H17N3O2S3/c1-9(7-19-2)6-16-12(10-4-3-5-20-10)14-15-13(16)21-8-11(17)18/h3-5,9H,6-8H2,1-2H3,(H,17,18). The quantitative estimate of drug-likeness (QED) is 0.743. The van der Waals surface area contributed by atoms with Gasteiger partial charge in [0, 0.05) is 6.54 Å². The summed E-state index contributed by atoms with van der Waals surface area (Å²) in [6.07, 6.45) is 2.09. The zero-order chi connectivity index (χ0) is 15.2. The van der Waals surface area contributed by atoms with E-state index >= 15 is 0 Å². The third-order valence-corrected chi connectivity index (χ3v) is 5.45. The highest BCUT2D eigenvalue weighted by Gasteiger charge is 2.17. The van der Waals surface area contributed by atoms with E-state index in [2.05, 4.69) is 23.4 Å². The van der Waals surface area contributed by atoms with E-state index in [1.165, 1.54) is 11.8 Å². The number of thioether (sulfide) groups is 2. The SMILES string of the molecule is CSCC(C)Cn1c(SCC(=O)O)nnc1-c1cccs1. The molecule has 2 rings (SSSR count). The lowest BCUT2D eigenvalue weighted by atomic mass is 10.2. The summed E-state index contributed by atoms with van der Waals surface area (Å²) in [5, 5.41) is 19.9. The first-order valence-corrected chi connectivity index (χ1v) is 9.68. The van der Waals surface area contributed by atoms with Crippen LogP contribution in [-0.4, -0.2) is 43.6 Å². The van der Waals surface area contributed by atoms with Gasteiger partial charge in [-0.25, -0.2) is 0 Å². The molecule has 0 aromatic carbocycles. The van der Waals surface area contributed by atoms with Crippen molar-refractivity contribution < 1.29 is 9.90 Å². The molecule has 0 radical (unpaired) electrons. The van der Waals surface area contributed by atoms with Gasteiger partial charge < -0.3 is 9.67 Å². The minimum atomic E-state index is -0.843. The van der Waals surface area contributed by atoms with Gasteiger partial charge in [0.1, 0.15) is 0 Å². The fraction of sp³-hybridized carbons (Fsp3) is 0.462. The number of rotatable bonds is 8. The summed E-state index contributed by atoms with van der Waals surface area (Å²) >= 11 is 4.64. The Bertz CT molecular complexity index is 584. The molecule has 2 aromatic heterocycles. The summed E-state index contributed by atoms with van der Waals surface area (Å²) in [5.41, 5.74) is 0. The second-order valence-corrected chi connectivity index (χ2v) is 7.44. The van der Waals surface area contributed by atoms with Crippen LogP contribution in [0, 0.1) is 5.92 Å². The van der Waals surface area contributed by atoms with E-state index in [0.717, 1.165) is 23.0 Å². The van der Waals surface area contributed by atoms with Gasteiger partial charge in [-0.3, -0.25) is 4.79 Å². The molecule has 0 bridgehead atoms. The molecule has 2 heterocycles. The van der Waals surface area contributed by atoms with Crippen LogP contribution in [0.1, 0.15) is 6.92 Å². The van der Waals surface area contributed by atoms with Crippen LogP contribution in [0.4, 0.5) is 0 Å². The Hall–Kier alpha value is -0.990. The molecular weight excluding hydrogens is 326 g/mol. The van der Waals surface area contributed by atoms with Gasteiger partial charge in [0.15, 0.2) is 11.0 Å². The summed E-state index contributed by atoms with van der Waals surface area (Å²) in [6, 6.07) is 3.99. The molecular formula is C13H17N3O2S3. The van der Waals surface area contributed by atoms with E-state index in [9.17, 15) is 4.79 Å². The molecule has 0 saturated heterocycles. The average Bonchev–Trinajstić information content (AvgIpc) is 3.05. The second kappa shape index (κ2) is 7.86. The molecule has 8 heteroatoms. The van der Waals surface area contributed by atoms with Crippen molar-refractivity contribution in [1.82, 2.24) is 14.8 Å². The molecule has 21 heavy (non-hydrogen) atoms. The highest BCUT2D eigenvalue weighted by atomic mass is 32.2. The van der Waals surface area contributed by atoms with E-state index in [-0.39, 0.29) is 5.75 Å². The van der Waals surface area contributed by atoms with Crippen LogP contribution in [0.2, 0.25) is 0 Å². The fourth-order valence-electron chi connectivity index (χ4n) is 1.92. The van der Waals surface area contributed by atoms with Crippen molar-refractivity contribution in [2.45, 2.75) is 18.6 Å². The molecule has 0 spiro atoms. The average molecular weight is 343 g/mol. The largest absolute Gasteiger partial charge is 0.481 e. The molecule has 1 N–H and O–H groups in total. The Morgan fingerprint density at radius 3 is 2.95 bits per heavy atom. The van der Waals surface area contributed by atoms with Gasteiger partial charge in [-0.2, -0.15) is 11.8 Å². The maximum atomic E-state index is 10.8. The molecule has 114 valence electrons. The molecule has 1 atom stereocenters. The van der Waals surface area contributed by atoms with Crippen molar-refractivity contribution in [3.63, 3.8) is 0 Å². The third-order valence-electron chi connectivity index (χ3n) is 2.73. The van der Waals surface area contributed by atoms with E-state index in [1.54, 1.807) is 23.1 Å². The van der Waals surface area contributed by atoms with Gasteiger partial charge in [-0.1, -0.05) is 24.8 Å². The van der Waals surface area contributed by atoms with Crippen molar-refractivity contribution >= 4 is 40.8 Å². The van der Waals surface area contributed by atoms with Crippen molar-refractivity contribution in [2.24, 2.45) is 5.92 Å². The summed E-state index contributed by atoms with van der Waals surface area (Å²) in [4.78, 5) is 11.8. The lowest BCUT2D eigenvalue weighted by Crippen LogP contribution is -2.12. The first-order chi connectivity index (χ1) is 10.1. The summed E-state index contributed by atoms with van der Waals surface area (Å²) in [6.45, 7) is 2.98. The number of carbonyl (C=O) groups is 1. The lowest BCUT2D eigenvalue weighted by molar-refractivity contribution is -0.133. The monoisotopic (exact) mass is 343 g/mol. The smallest absolute Gasteiger partial charge is 0.313 e. The molecule has 0 saturated carbocycles. The lowest BCUT2D eigenvalue weighted by Gasteiger charge is -2.14. The van der Waals surface area contributed by atoms with Crippen molar-refractivity contribution in [1.29, 1.82) is 0 Å². The molecule has 0 aliphatic heterocycles. The predicted molar refractivity (Wildman–Crippen MR) is 89.2 cm³/mol. The van der Waals surface area contributed by atoms with Gasteiger partial charge in [0.2, 0.25) is 0 Å².